The number of thiophene rings is 1. The Morgan fingerprint density at radius 3 is 2.80 bits per heavy atom. The third kappa shape index (κ3) is 3.55. The van der Waals surface area contributed by atoms with Gasteiger partial charge < -0.3 is 5.32 Å². The minimum atomic E-state index is 0.226. The van der Waals surface area contributed by atoms with Gasteiger partial charge >= 0.3 is 0 Å². The van der Waals surface area contributed by atoms with Crippen LogP contribution in [0.3, 0.4) is 0 Å². The van der Waals surface area contributed by atoms with Crippen LogP contribution in [0.25, 0.3) is 0 Å². The van der Waals surface area contributed by atoms with Crippen LogP contribution in [0, 0.1) is 9.64 Å². The molecule has 0 unspecified atom stereocenters. The minimum Gasteiger partial charge on any atom is -0.379 e. The van der Waals surface area contributed by atoms with Gasteiger partial charge in [0.1, 0.15) is 0 Å². The largest absolute Gasteiger partial charge is 0.379 e. The molecule has 1 N–H and O–H groups in total. The van der Waals surface area contributed by atoms with E-state index in [1.807, 2.05) is 17.4 Å². The standard InChI is InChI=1S/C17H19INS/c18-14-6-4-7-15(12-14)19-17(9-2-1-3-10-17)13-16-8-5-11-20-16/h4-6,8,11-12,19H,1-3,9-10,13H2. The normalized spacial score (nSPS) is 17.9. The summed E-state index contributed by atoms with van der Waals surface area (Å²) in [5.41, 5.74) is 1.37. The highest BCUT2D eigenvalue weighted by Crippen LogP contribution is 2.35. The number of hydrogen-bond donors (Lipinski definition) is 1. The smallest absolute Gasteiger partial charge is 0.0435 e. The van der Waals surface area contributed by atoms with Gasteiger partial charge in [0.05, 0.1) is 0 Å². The van der Waals surface area contributed by atoms with E-state index in [4.69, 9.17) is 0 Å². The minimum absolute atomic E-state index is 0.226. The van der Waals surface area contributed by atoms with Gasteiger partial charge in [0.2, 0.25) is 0 Å². The third-order valence-electron chi connectivity index (χ3n) is 4.07. The molecular weight excluding hydrogens is 377 g/mol. The van der Waals surface area contributed by atoms with Crippen molar-refractivity contribution in [3.8, 4) is 0 Å². The lowest BCUT2D eigenvalue weighted by Gasteiger charge is -2.39. The fourth-order valence-corrected chi connectivity index (χ4v) is 4.46. The maximum Gasteiger partial charge on any atom is 0.0435 e. The Balaban J connectivity index is 1.81. The quantitative estimate of drug-likeness (QED) is 0.672. The summed E-state index contributed by atoms with van der Waals surface area (Å²) in [6.07, 6.45) is 7.73. The first kappa shape index (κ1) is 14.4. The summed E-state index contributed by atoms with van der Waals surface area (Å²) in [6, 6.07) is 14.1. The zero-order valence-corrected chi connectivity index (χ0v) is 14.5. The summed E-state index contributed by atoms with van der Waals surface area (Å²) in [4.78, 5) is 1.49. The highest BCUT2D eigenvalue weighted by molar-refractivity contribution is 14.1. The Hall–Kier alpha value is -0.550. The Kier molecular flexibility index (Phi) is 4.66. The van der Waals surface area contributed by atoms with Gasteiger partial charge in [-0.05, 0) is 59.0 Å². The van der Waals surface area contributed by atoms with E-state index in [9.17, 15) is 0 Å². The molecule has 0 atom stereocenters. The van der Waals surface area contributed by atoms with Gasteiger partial charge in [0, 0.05) is 32.2 Å². The van der Waals surface area contributed by atoms with Gasteiger partial charge in [-0.25, -0.2) is 0 Å². The first-order valence-electron chi connectivity index (χ1n) is 7.24. The number of hydrogen-bond acceptors (Lipinski definition) is 2. The summed E-state index contributed by atoms with van der Waals surface area (Å²) in [5, 5.41) is 6.00. The van der Waals surface area contributed by atoms with Crippen LogP contribution in [0.2, 0.25) is 0 Å². The molecule has 3 heteroatoms. The first-order chi connectivity index (χ1) is 9.76. The van der Waals surface area contributed by atoms with Crippen LogP contribution in [0.4, 0.5) is 5.69 Å². The zero-order chi connectivity index (χ0) is 13.8. The zero-order valence-electron chi connectivity index (χ0n) is 11.5. The predicted molar refractivity (Wildman–Crippen MR) is 95.5 cm³/mol. The molecule has 1 aromatic carbocycles. The molecule has 0 spiro atoms. The van der Waals surface area contributed by atoms with E-state index in [0.29, 0.717) is 0 Å². The van der Waals surface area contributed by atoms with E-state index in [0.717, 1.165) is 12.1 Å². The van der Waals surface area contributed by atoms with Crippen molar-refractivity contribution in [3.63, 3.8) is 0 Å². The molecule has 0 aliphatic heterocycles. The lowest BCUT2D eigenvalue weighted by molar-refractivity contribution is 0.323. The van der Waals surface area contributed by atoms with Crippen LogP contribution in [-0.4, -0.2) is 5.54 Å². The van der Waals surface area contributed by atoms with E-state index >= 15 is 0 Å². The molecule has 1 heterocycles. The van der Waals surface area contributed by atoms with Crippen LogP contribution >= 0.6 is 33.9 Å². The second-order valence-corrected chi connectivity index (χ2v) is 7.92. The Bertz CT molecular complexity index is 544. The lowest BCUT2D eigenvalue weighted by Crippen LogP contribution is -2.42. The van der Waals surface area contributed by atoms with Crippen molar-refractivity contribution >= 4 is 39.6 Å². The molecule has 1 fully saturated rings. The van der Waals surface area contributed by atoms with Crippen molar-refractivity contribution in [3.05, 3.63) is 50.2 Å². The van der Waals surface area contributed by atoms with Crippen LogP contribution in [0.5, 0.6) is 0 Å². The van der Waals surface area contributed by atoms with E-state index in [1.54, 1.807) is 0 Å². The molecule has 0 saturated heterocycles. The highest BCUT2D eigenvalue weighted by Gasteiger charge is 2.32. The van der Waals surface area contributed by atoms with Crippen LogP contribution in [0.1, 0.15) is 37.0 Å². The summed E-state index contributed by atoms with van der Waals surface area (Å²) < 4.78 is 1.27. The Morgan fingerprint density at radius 1 is 1.25 bits per heavy atom. The van der Waals surface area contributed by atoms with Crippen LogP contribution in [-0.2, 0) is 6.42 Å². The number of rotatable bonds is 4. The molecule has 0 amide bonds. The molecule has 2 aromatic rings. The summed E-state index contributed by atoms with van der Waals surface area (Å²) in [6.45, 7) is 0. The molecule has 1 aromatic heterocycles. The van der Waals surface area contributed by atoms with Gasteiger partial charge in [0.25, 0.3) is 0 Å². The molecule has 1 aliphatic carbocycles. The van der Waals surface area contributed by atoms with Gasteiger partial charge in [-0.2, -0.15) is 0 Å². The summed E-state index contributed by atoms with van der Waals surface area (Å²) in [7, 11) is 0. The van der Waals surface area contributed by atoms with Crippen molar-refractivity contribution in [2.75, 3.05) is 5.32 Å². The van der Waals surface area contributed by atoms with Gasteiger partial charge in [-0.1, -0.05) is 31.4 Å². The maximum absolute atomic E-state index is 3.82. The van der Waals surface area contributed by atoms with Crippen molar-refractivity contribution < 1.29 is 0 Å². The van der Waals surface area contributed by atoms with Crippen LogP contribution in [0.15, 0.2) is 35.7 Å². The lowest BCUT2D eigenvalue weighted by atomic mass is 9.78. The second-order valence-electron chi connectivity index (χ2n) is 5.64. The summed E-state index contributed by atoms with van der Waals surface area (Å²) >= 11 is 4.25. The molecule has 3 rings (SSSR count). The summed E-state index contributed by atoms with van der Waals surface area (Å²) in [5.74, 6) is 0. The first-order valence-corrected chi connectivity index (χ1v) is 9.19. The molecule has 1 radical (unpaired) electrons. The van der Waals surface area contributed by atoms with Crippen molar-refractivity contribution in [1.82, 2.24) is 0 Å². The van der Waals surface area contributed by atoms with Gasteiger partial charge in [-0.3, -0.25) is 0 Å². The average molecular weight is 396 g/mol. The fraction of sp³-hybridized carbons (Fsp3) is 0.412. The van der Waals surface area contributed by atoms with Crippen molar-refractivity contribution in [2.24, 2.45) is 0 Å². The molecule has 1 nitrogen and oxygen atoms in total. The van der Waals surface area contributed by atoms with Crippen molar-refractivity contribution in [1.29, 1.82) is 0 Å². The van der Waals surface area contributed by atoms with Gasteiger partial charge in [0.15, 0.2) is 0 Å². The number of nitrogens with one attached hydrogen (secondary N) is 1. The van der Waals surface area contributed by atoms with E-state index in [-0.39, 0.29) is 5.54 Å². The predicted octanol–water partition coefficient (Wildman–Crippen LogP) is 5.51. The Morgan fingerprint density at radius 2 is 2.10 bits per heavy atom. The molecule has 1 saturated carbocycles. The molecular formula is C17H19INS. The van der Waals surface area contributed by atoms with E-state index < -0.39 is 0 Å². The van der Waals surface area contributed by atoms with Crippen molar-refractivity contribution in [2.45, 2.75) is 44.1 Å². The highest BCUT2D eigenvalue weighted by atomic mass is 127. The second kappa shape index (κ2) is 6.48. The molecule has 1 aliphatic rings. The Labute approximate surface area is 138 Å². The molecule has 105 valence electrons. The van der Waals surface area contributed by atoms with Crippen LogP contribution < -0.4 is 5.32 Å². The topological polar surface area (TPSA) is 12.0 Å². The third-order valence-corrected chi connectivity index (χ3v) is 5.61. The SMILES string of the molecule is Ic1cc[c]c(NC2(Cc3cccs3)CCCCC2)c1. The molecule has 0 bridgehead atoms. The van der Waals surface area contributed by atoms with E-state index in [1.165, 1.54) is 40.6 Å². The monoisotopic (exact) mass is 396 g/mol. The average Bonchev–Trinajstić information content (AvgIpc) is 2.92. The van der Waals surface area contributed by atoms with Gasteiger partial charge in [-0.15, -0.1) is 11.3 Å². The fourth-order valence-electron chi connectivity index (χ4n) is 3.12. The number of benzene rings is 1. The number of halogens is 1. The molecule has 20 heavy (non-hydrogen) atoms. The number of anilines is 1. The van der Waals surface area contributed by atoms with E-state index in [2.05, 4.69) is 63.6 Å². The maximum atomic E-state index is 3.82.